The van der Waals surface area contributed by atoms with Gasteiger partial charge in [0.05, 0.1) is 23.0 Å². The third kappa shape index (κ3) is 1.83. The lowest BCUT2D eigenvalue weighted by Gasteiger charge is -2.21. The normalized spacial score (nSPS) is 24.7. The Hall–Kier alpha value is -1.83. The summed E-state index contributed by atoms with van der Waals surface area (Å²) >= 11 is 0. The molecule has 2 fully saturated rings. The van der Waals surface area contributed by atoms with Crippen LogP contribution in [0.5, 0.6) is 0 Å². The van der Waals surface area contributed by atoms with Crippen molar-refractivity contribution in [2.75, 3.05) is 4.90 Å². The second-order valence-corrected chi connectivity index (χ2v) is 4.76. The molecule has 2 heterocycles. The second-order valence-electron chi connectivity index (χ2n) is 4.76. The van der Waals surface area contributed by atoms with Crippen LogP contribution in [0.2, 0.25) is 0 Å². The van der Waals surface area contributed by atoms with Crippen LogP contribution in [0.25, 0.3) is 0 Å². The molecule has 1 saturated heterocycles. The molecule has 3 rings (SSSR count). The Kier molecular flexibility index (Phi) is 2.31. The van der Waals surface area contributed by atoms with Crippen LogP contribution in [-0.2, 0) is 6.18 Å². The molecule has 8 heteroatoms. The SMILES string of the molecule is O=C1NC2(CC2)C(O)N1c1cncc(C(F)(F)F)c1. The third-order valence-electron chi connectivity index (χ3n) is 3.43. The van der Waals surface area contributed by atoms with Gasteiger partial charge < -0.3 is 10.4 Å². The summed E-state index contributed by atoms with van der Waals surface area (Å²) in [7, 11) is 0. The van der Waals surface area contributed by atoms with E-state index in [1.807, 2.05) is 0 Å². The van der Waals surface area contributed by atoms with Crippen molar-refractivity contribution in [3.05, 3.63) is 24.0 Å². The molecule has 1 saturated carbocycles. The first-order valence-corrected chi connectivity index (χ1v) is 5.65. The molecular formula is C11H10F3N3O2. The minimum absolute atomic E-state index is 0.0661. The van der Waals surface area contributed by atoms with Crippen molar-refractivity contribution >= 4 is 11.7 Å². The van der Waals surface area contributed by atoms with Gasteiger partial charge in [0.15, 0.2) is 6.23 Å². The highest BCUT2D eigenvalue weighted by Crippen LogP contribution is 2.45. The molecule has 1 aliphatic carbocycles. The number of aliphatic hydroxyl groups excluding tert-OH is 1. The maximum atomic E-state index is 12.6. The number of anilines is 1. The van der Waals surface area contributed by atoms with Crippen LogP contribution in [0.15, 0.2) is 18.5 Å². The molecular weight excluding hydrogens is 263 g/mol. The van der Waals surface area contributed by atoms with E-state index in [9.17, 15) is 23.1 Å². The molecule has 0 aromatic carbocycles. The molecule has 5 nitrogen and oxygen atoms in total. The fourth-order valence-corrected chi connectivity index (χ4v) is 2.19. The number of urea groups is 1. The number of carbonyl (C=O) groups excluding carboxylic acids is 1. The fraction of sp³-hybridized carbons (Fsp3) is 0.455. The summed E-state index contributed by atoms with van der Waals surface area (Å²) in [6.07, 6.45) is -2.67. The zero-order chi connectivity index (χ0) is 13.8. The van der Waals surface area contributed by atoms with Crippen molar-refractivity contribution in [3.63, 3.8) is 0 Å². The largest absolute Gasteiger partial charge is 0.417 e. The Balaban J connectivity index is 1.96. The molecule has 1 unspecified atom stereocenters. The average molecular weight is 273 g/mol. The minimum atomic E-state index is -4.54. The molecule has 2 N–H and O–H groups in total. The van der Waals surface area contributed by atoms with E-state index < -0.39 is 29.5 Å². The number of nitrogens with one attached hydrogen (secondary N) is 1. The van der Waals surface area contributed by atoms with E-state index >= 15 is 0 Å². The minimum Gasteiger partial charge on any atom is -0.371 e. The Morgan fingerprint density at radius 1 is 1.42 bits per heavy atom. The first kappa shape index (κ1) is 12.2. The zero-order valence-corrected chi connectivity index (χ0v) is 9.61. The molecule has 1 aromatic heterocycles. The number of aromatic nitrogens is 1. The lowest BCUT2D eigenvalue weighted by atomic mass is 10.2. The van der Waals surface area contributed by atoms with E-state index in [1.54, 1.807) is 0 Å². The van der Waals surface area contributed by atoms with Crippen LogP contribution in [0.3, 0.4) is 0 Å². The first-order chi connectivity index (χ1) is 8.83. The van der Waals surface area contributed by atoms with E-state index in [1.165, 1.54) is 0 Å². The number of aliphatic hydroxyl groups is 1. The highest BCUT2D eigenvalue weighted by Gasteiger charge is 2.59. The number of hydrogen-bond acceptors (Lipinski definition) is 3. The van der Waals surface area contributed by atoms with Gasteiger partial charge >= 0.3 is 12.2 Å². The van der Waals surface area contributed by atoms with Crippen LogP contribution < -0.4 is 10.2 Å². The predicted octanol–water partition coefficient (Wildman–Crippen LogP) is 1.48. The van der Waals surface area contributed by atoms with Gasteiger partial charge in [0.2, 0.25) is 0 Å². The zero-order valence-electron chi connectivity index (χ0n) is 9.61. The van der Waals surface area contributed by atoms with Gasteiger partial charge in [0.25, 0.3) is 0 Å². The standard InChI is InChI=1S/C11H10F3N3O2/c12-11(13,14)6-3-7(5-15-4-6)17-8(18)10(1-2-10)16-9(17)19/h3-5,8,18H,1-2H2,(H,16,19). The highest BCUT2D eigenvalue weighted by molar-refractivity contribution is 5.96. The molecule has 19 heavy (non-hydrogen) atoms. The summed E-state index contributed by atoms with van der Waals surface area (Å²) < 4.78 is 37.8. The number of nitrogens with zero attached hydrogens (tertiary/aromatic N) is 2. The van der Waals surface area contributed by atoms with Crippen molar-refractivity contribution < 1.29 is 23.1 Å². The fourth-order valence-electron chi connectivity index (χ4n) is 2.19. The number of alkyl halides is 3. The van der Waals surface area contributed by atoms with Crippen LogP contribution in [-0.4, -0.2) is 27.9 Å². The van der Waals surface area contributed by atoms with Gasteiger partial charge in [-0.2, -0.15) is 13.2 Å². The monoisotopic (exact) mass is 273 g/mol. The van der Waals surface area contributed by atoms with Gasteiger partial charge in [0, 0.05) is 6.20 Å². The lowest BCUT2D eigenvalue weighted by Crippen LogP contribution is -2.38. The maximum Gasteiger partial charge on any atom is 0.417 e. The predicted molar refractivity (Wildman–Crippen MR) is 58.2 cm³/mol. The summed E-state index contributed by atoms with van der Waals surface area (Å²) in [4.78, 5) is 16.1. The number of pyridine rings is 1. The van der Waals surface area contributed by atoms with Crippen LogP contribution in [0.1, 0.15) is 18.4 Å². The molecule has 102 valence electrons. The highest BCUT2D eigenvalue weighted by atomic mass is 19.4. The molecule has 2 amide bonds. The number of carbonyl (C=O) groups is 1. The Labute approximate surface area is 106 Å². The third-order valence-corrected chi connectivity index (χ3v) is 3.43. The summed E-state index contributed by atoms with van der Waals surface area (Å²) in [5.74, 6) is 0. The van der Waals surface area contributed by atoms with E-state index in [2.05, 4.69) is 10.3 Å². The van der Waals surface area contributed by atoms with Crippen LogP contribution in [0.4, 0.5) is 23.7 Å². The summed E-state index contributed by atoms with van der Waals surface area (Å²) in [5, 5.41) is 12.6. The first-order valence-electron chi connectivity index (χ1n) is 5.65. The lowest BCUT2D eigenvalue weighted by molar-refractivity contribution is -0.137. The summed E-state index contributed by atoms with van der Waals surface area (Å²) in [6, 6.07) is 0.197. The van der Waals surface area contributed by atoms with Gasteiger partial charge in [0.1, 0.15) is 0 Å². The summed E-state index contributed by atoms with van der Waals surface area (Å²) in [5.41, 5.74) is -1.73. The molecule has 0 bridgehead atoms. The number of hydrogen-bond donors (Lipinski definition) is 2. The van der Waals surface area contributed by atoms with Crippen molar-refractivity contribution in [2.45, 2.75) is 30.8 Å². The van der Waals surface area contributed by atoms with Crippen molar-refractivity contribution in [3.8, 4) is 0 Å². The van der Waals surface area contributed by atoms with Crippen molar-refractivity contribution in [1.29, 1.82) is 0 Å². The van der Waals surface area contributed by atoms with E-state index in [0.29, 0.717) is 19.0 Å². The van der Waals surface area contributed by atoms with E-state index in [4.69, 9.17) is 0 Å². The molecule has 2 aliphatic rings. The molecule has 1 spiro atoms. The Bertz CT molecular complexity index is 542. The molecule has 1 atom stereocenters. The van der Waals surface area contributed by atoms with Gasteiger partial charge in [-0.25, -0.2) is 4.79 Å². The topological polar surface area (TPSA) is 65.5 Å². The molecule has 1 aromatic rings. The van der Waals surface area contributed by atoms with Crippen molar-refractivity contribution in [1.82, 2.24) is 10.3 Å². The van der Waals surface area contributed by atoms with Gasteiger partial charge in [-0.15, -0.1) is 0 Å². The van der Waals surface area contributed by atoms with E-state index in [-0.39, 0.29) is 5.69 Å². The van der Waals surface area contributed by atoms with Gasteiger partial charge in [-0.3, -0.25) is 9.88 Å². The number of halogens is 3. The van der Waals surface area contributed by atoms with Crippen molar-refractivity contribution in [2.24, 2.45) is 0 Å². The van der Waals surface area contributed by atoms with Gasteiger partial charge in [-0.05, 0) is 18.9 Å². The van der Waals surface area contributed by atoms with Gasteiger partial charge in [-0.1, -0.05) is 0 Å². The molecule has 0 radical (unpaired) electrons. The van der Waals surface area contributed by atoms with Crippen LogP contribution in [0, 0.1) is 0 Å². The van der Waals surface area contributed by atoms with E-state index in [0.717, 1.165) is 17.2 Å². The smallest absolute Gasteiger partial charge is 0.371 e. The average Bonchev–Trinajstić information content (AvgIpc) is 3.04. The summed E-state index contributed by atoms with van der Waals surface area (Å²) in [6.45, 7) is 0. The maximum absolute atomic E-state index is 12.6. The Morgan fingerprint density at radius 3 is 2.63 bits per heavy atom. The number of rotatable bonds is 1. The van der Waals surface area contributed by atoms with Crippen LogP contribution >= 0.6 is 0 Å². The number of amides is 2. The molecule has 1 aliphatic heterocycles. The Morgan fingerprint density at radius 2 is 2.11 bits per heavy atom. The second kappa shape index (κ2) is 3.60. The quantitative estimate of drug-likeness (QED) is 0.814.